The Labute approximate surface area is 169 Å². The van der Waals surface area contributed by atoms with Gasteiger partial charge in [-0.2, -0.15) is 0 Å². The summed E-state index contributed by atoms with van der Waals surface area (Å²) < 4.78 is 0. The van der Waals surface area contributed by atoms with E-state index in [1.165, 1.54) is 117 Å². The highest BCUT2D eigenvalue weighted by Crippen LogP contribution is 2.05. The van der Waals surface area contributed by atoms with Crippen LogP contribution in [0.2, 0.25) is 0 Å². The third-order valence-corrected chi connectivity index (χ3v) is 6.17. The molecule has 2 heterocycles. The summed E-state index contributed by atoms with van der Waals surface area (Å²) in [5, 5.41) is 4.78. The third kappa shape index (κ3) is 10.2. The molecule has 2 aliphatic rings. The highest BCUT2D eigenvalue weighted by atomic mass is 15.3. The second-order valence-corrected chi connectivity index (χ2v) is 8.45. The molecule has 5 heteroatoms. The van der Waals surface area contributed by atoms with Gasteiger partial charge in [-0.15, -0.1) is 0 Å². The molecule has 2 rings (SSSR count). The van der Waals surface area contributed by atoms with E-state index >= 15 is 0 Å². The lowest BCUT2D eigenvalue weighted by molar-refractivity contribution is 0.128. The Morgan fingerprint density at radius 3 is 1.07 bits per heavy atom. The van der Waals surface area contributed by atoms with Crippen LogP contribution in [-0.4, -0.2) is 111 Å². The van der Waals surface area contributed by atoms with Gasteiger partial charge < -0.3 is 19.6 Å². The van der Waals surface area contributed by atoms with E-state index in [-0.39, 0.29) is 0 Å². The fraction of sp³-hybridized carbons (Fsp3) is 1.00. The van der Waals surface area contributed by atoms with Crippen molar-refractivity contribution < 1.29 is 0 Å². The van der Waals surface area contributed by atoms with Crippen LogP contribution >= 0.6 is 0 Å². The van der Waals surface area contributed by atoms with Gasteiger partial charge in [0, 0.05) is 65.4 Å². The summed E-state index contributed by atoms with van der Waals surface area (Å²) >= 11 is 0. The fourth-order valence-electron chi connectivity index (χ4n) is 4.16. The van der Waals surface area contributed by atoms with E-state index in [0.29, 0.717) is 0 Å². The average molecular weight is 381 g/mol. The maximum Gasteiger partial charge on any atom is 0.0145 e. The van der Waals surface area contributed by atoms with E-state index in [4.69, 9.17) is 5.32 Å². The summed E-state index contributed by atoms with van der Waals surface area (Å²) in [6, 6.07) is 0. The Kier molecular flexibility index (Phi) is 12.6. The molecule has 0 aliphatic carbocycles. The van der Waals surface area contributed by atoms with Gasteiger partial charge in [-0.25, -0.2) is 5.32 Å². The van der Waals surface area contributed by atoms with Crippen LogP contribution in [-0.2, 0) is 0 Å². The summed E-state index contributed by atoms with van der Waals surface area (Å²) in [5.74, 6) is 0. The first-order valence-electron chi connectivity index (χ1n) is 11.8. The highest BCUT2D eigenvalue weighted by molar-refractivity contribution is 4.73. The van der Waals surface area contributed by atoms with E-state index < -0.39 is 0 Å². The first kappa shape index (κ1) is 23.1. The topological polar surface area (TPSA) is 27.1 Å². The minimum absolute atomic E-state index is 1.06. The van der Waals surface area contributed by atoms with Gasteiger partial charge in [0.2, 0.25) is 0 Å². The van der Waals surface area contributed by atoms with Crippen molar-refractivity contribution in [3.8, 4) is 0 Å². The van der Waals surface area contributed by atoms with Crippen LogP contribution in [0.5, 0.6) is 0 Å². The Hall–Kier alpha value is -0.200. The van der Waals surface area contributed by atoms with Crippen molar-refractivity contribution in [2.75, 3.05) is 91.6 Å². The van der Waals surface area contributed by atoms with Gasteiger partial charge in [0.25, 0.3) is 0 Å². The average Bonchev–Trinajstić information content (AvgIpc) is 2.71. The second-order valence-electron chi connectivity index (χ2n) is 8.45. The van der Waals surface area contributed by atoms with E-state index in [0.717, 1.165) is 13.1 Å². The largest absolute Gasteiger partial charge is 0.301 e. The predicted molar refractivity (Wildman–Crippen MR) is 117 cm³/mol. The maximum absolute atomic E-state index is 4.78. The molecular formula is C22H46N5. The lowest BCUT2D eigenvalue weighted by Gasteiger charge is -2.34. The number of nitrogens with zero attached hydrogens (tertiary/aromatic N) is 5. The van der Waals surface area contributed by atoms with Crippen molar-refractivity contribution in [3.05, 3.63) is 0 Å². The highest BCUT2D eigenvalue weighted by Gasteiger charge is 2.16. The number of hydrogen-bond acceptors (Lipinski definition) is 4. The Bertz CT molecular complexity index is 304. The lowest BCUT2D eigenvalue weighted by atomic mass is 10.2. The molecule has 0 unspecified atom stereocenters. The normalized spacial score (nSPS) is 21.1. The van der Waals surface area contributed by atoms with Gasteiger partial charge in [0.05, 0.1) is 0 Å². The maximum atomic E-state index is 4.78. The van der Waals surface area contributed by atoms with Crippen LogP contribution in [0, 0.1) is 0 Å². The Balaban J connectivity index is 1.36. The lowest BCUT2D eigenvalue weighted by Crippen LogP contribution is -2.47. The zero-order chi connectivity index (χ0) is 19.2. The Morgan fingerprint density at radius 2 is 0.778 bits per heavy atom. The molecule has 0 saturated carbocycles. The molecule has 5 nitrogen and oxygen atoms in total. The Morgan fingerprint density at radius 1 is 0.481 bits per heavy atom. The van der Waals surface area contributed by atoms with Crippen molar-refractivity contribution in [1.82, 2.24) is 24.9 Å². The molecule has 0 amide bonds. The number of unbranched alkanes of at least 4 members (excludes halogenated alkanes) is 2. The van der Waals surface area contributed by atoms with E-state index in [2.05, 4.69) is 33.4 Å². The number of rotatable bonds is 14. The van der Waals surface area contributed by atoms with Crippen molar-refractivity contribution in [1.29, 1.82) is 0 Å². The van der Waals surface area contributed by atoms with Crippen LogP contribution in [0.4, 0.5) is 0 Å². The van der Waals surface area contributed by atoms with E-state index in [1.54, 1.807) is 0 Å². The van der Waals surface area contributed by atoms with Crippen LogP contribution in [0.25, 0.3) is 0 Å². The van der Waals surface area contributed by atoms with E-state index in [1.807, 2.05) is 0 Å². The molecule has 0 aromatic heterocycles. The molecule has 0 aromatic carbocycles. The van der Waals surface area contributed by atoms with Crippen molar-refractivity contribution in [2.45, 2.75) is 52.4 Å². The van der Waals surface area contributed by atoms with Crippen molar-refractivity contribution in [2.24, 2.45) is 0 Å². The SMILES string of the molecule is CCCCN1CCN(CCC[N]CCCN2CCN(CCCC)CC2)CC1. The molecule has 0 spiro atoms. The summed E-state index contributed by atoms with van der Waals surface area (Å²) in [4.78, 5) is 10.5. The first-order valence-corrected chi connectivity index (χ1v) is 11.8. The molecule has 27 heavy (non-hydrogen) atoms. The van der Waals surface area contributed by atoms with Crippen LogP contribution < -0.4 is 5.32 Å². The van der Waals surface area contributed by atoms with E-state index in [9.17, 15) is 0 Å². The van der Waals surface area contributed by atoms with Gasteiger partial charge in [0.1, 0.15) is 0 Å². The first-order chi connectivity index (χ1) is 13.3. The minimum atomic E-state index is 1.06. The van der Waals surface area contributed by atoms with Gasteiger partial charge in [0.15, 0.2) is 0 Å². The summed E-state index contributed by atoms with van der Waals surface area (Å²) in [5.41, 5.74) is 0. The summed E-state index contributed by atoms with van der Waals surface area (Å²) in [7, 11) is 0. The van der Waals surface area contributed by atoms with Gasteiger partial charge in [-0.1, -0.05) is 26.7 Å². The summed E-state index contributed by atoms with van der Waals surface area (Å²) in [6.07, 6.45) is 7.82. The van der Waals surface area contributed by atoms with Crippen LogP contribution in [0.3, 0.4) is 0 Å². The fourth-order valence-corrected chi connectivity index (χ4v) is 4.16. The number of hydrogen-bond donors (Lipinski definition) is 0. The molecule has 0 aromatic rings. The molecular weight excluding hydrogens is 334 g/mol. The molecule has 2 fully saturated rings. The monoisotopic (exact) mass is 380 g/mol. The number of piperazine rings is 2. The zero-order valence-electron chi connectivity index (χ0n) is 18.4. The quantitative estimate of drug-likeness (QED) is 0.432. The van der Waals surface area contributed by atoms with Gasteiger partial charge in [-0.05, 0) is 51.9 Å². The third-order valence-electron chi connectivity index (χ3n) is 6.17. The summed E-state index contributed by atoms with van der Waals surface area (Å²) in [6.45, 7) is 21.9. The molecule has 0 bridgehead atoms. The van der Waals surface area contributed by atoms with Crippen LogP contribution in [0.15, 0.2) is 0 Å². The molecule has 1 radical (unpaired) electrons. The molecule has 159 valence electrons. The second kappa shape index (κ2) is 14.7. The van der Waals surface area contributed by atoms with Crippen LogP contribution in [0.1, 0.15) is 52.4 Å². The minimum Gasteiger partial charge on any atom is -0.301 e. The molecule has 0 atom stereocenters. The zero-order valence-corrected chi connectivity index (χ0v) is 18.4. The molecule has 0 N–H and O–H groups in total. The predicted octanol–water partition coefficient (Wildman–Crippen LogP) is 2.21. The van der Waals surface area contributed by atoms with Gasteiger partial charge >= 0.3 is 0 Å². The molecule has 2 aliphatic heterocycles. The van der Waals surface area contributed by atoms with Crippen molar-refractivity contribution >= 4 is 0 Å². The van der Waals surface area contributed by atoms with Gasteiger partial charge in [-0.3, -0.25) is 0 Å². The smallest absolute Gasteiger partial charge is 0.0145 e. The standard InChI is InChI=1S/C22H46N5/c1-3-5-11-24-15-19-26(20-16-24)13-7-9-23-10-8-14-27-21-17-25(18-22-27)12-6-4-2/h3-22H2,1-2H3. The van der Waals surface area contributed by atoms with Crippen molar-refractivity contribution in [3.63, 3.8) is 0 Å². The molecule has 2 saturated heterocycles.